The molecule has 0 aromatic rings. The second-order valence-electron chi connectivity index (χ2n) is 4.21. The molecular weight excluding hydrogens is 246 g/mol. The van der Waals surface area contributed by atoms with E-state index in [1.165, 1.54) is 0 Å². The van der Waals surface area contributed by atoms with Crippen molar-refractivity contribution in [1.82, 2.24) is 16.0 Å². The fourth-order valence-corrected chi connectivity index (χ4v) is 1.53. The highest BCUT2D eigenvalue weighted by Gasteiger charge is 2.33. The van der Waals surface area contributed by atoms with E-state index in [1.807, 2.05) is 0 Å². The van der Waals surface area contributed by atoms with Gasteiger partial charge in [0.25, 0.3) is 0 Å². The fourth-order valence-electron chi connectivity index (χ4n) is 1.53. The van der Waals surface area contributed by atoms with Gasteiger partial charge in [0, 0.05) is 25.7 Å². The molecule has 0 aromatic heterocycles. The van der Waals surface area contributed by atoms with Crippen molar-refractivity contribution in [2.45, 2.75) is 58.7 Å². The summed E-state index contributed by atoms with van der Waals surface area (Å²) in [7, 11) is 0. The van der Waals surface area contributed by atoms with Gasteiger partial charge in [0.05, 0.1) is 0 Å². The van der Waals surface area contributed by atoms with Crippen molar-refractivity contribution in [1.29, 1.82) is 0 Å². The molecule has 0 unspecified atom stereocenters. The van der Waals surface area contributed by atoms with Gasteiger partial charge in [-0.25, -0.2) is 0 Å². The van der Waals surface area contributed by atoms with Crippen LogP contribution in [-0.2, 0) is 14.4 Å². The summed E-state index contributed by atoms with van der Waals surface area (Å²) in [4.78, 5) is 34.8. The Hall–Kier alpha value is -1.59. The molecule has 0 fully saturated rings. The molecule has 0 saturated heterocycles. The number of amides is 3. The average molecular weight is 270 g/mol. The second kappa shape index (κ2) is 8.50. The lowest BCUT2D eigenvalue weighted by Crippen LogP contribution is -2.70. The molecule has 0 atom stereocenters. The fraction of sp³-hybridized carbons (Fsp3) is 0.692. The van der Waals surface area contributed by atoms with Gasteiger partial charge >= 0.3 is 0 Å². The largest absolute Gasteiger partial charge is 0.316 e. The van der Waals surface area contributed by atoms with Crippen molar-refractivity contribution < 1.29 is 14.4 Å². The van der Waals surface area contributed by atoms with Gasteiger partial charge in [0.15, 0.2) is 5.79 Å². The van der Waals surface area contributed by atoms with Crippen LogP contribution in [0, 0.1) is 6.92 Å². The van der Waals surface area contributed by atoms with Crippen molar-refractivity contribution in [2.24, 2.45) is 0 Å². The van der Waals surface area contributed by atoms with Gasteiger partial charge in [-0.15, -0.1) is 0 Å². The lowest BCUT2D eigenvalue weighted by molar-refractivity contribution is -0.131. The number of carbonyl (C=O) groups is 3. The van der Waals surface area contributed by atoms with Gasteiger partial charge in [-0.05, 0) is 6.42 Å². The van der Waals surface area contributed by atoms with E-state index >= 15 is 0 Å². The first-order valence-corrected chi connectivity index (χ1v) is 6.65. The number of hydrogen-bond acceptors (Lipinski definition) is 3. The summed E-state index contributed by atoms with van der Waals surface area (Å²) in [5, 5.41) is 8.01. The Bertz CT molecular complexity index is 284. The van der Waals surface area contributed by atoms with Crippen LogP contribution < -0.4 is 16.0 Å². The van der Waals surface area contributed by atoms with E-state index in [1.54, 1.807) is 20.8 Å². The van der Waals surface area contributed by atoms with E-state index in [4.69, 9.17) is 0 Å². The number of nitrogens with one attached hydrogen (secondary N) is 3. The van der Waals surface area contributed by atoms with Crippen LogP contribution in [0.15, 0.2) is 0 Å². The van der Waals surface area contributed by atoms with Crippen LogP contribution in [0.1, 0.15) is 52.9 Å². The standard InChI is InChI=1S/C13H24N3O3/c1-5-9-13(14-10(17)6-2,15-11(18)7-3)16-12(19)8-4/h1,5-9H2,2-4H3,(H,14,17)(H,15,18)(H,16,19). The maximum Gasteiger partial charge on any atom is 0.222 e. The minimum atomic E-state index is -1.24. The molecule has 0 aliphatic carbocycles. The summed E-state index contributed by atoms with van der Waals surface area (Å²) in [5.74, 6) is -1.99. The van der Waals surface area contributed by atoms with Crippen molar-refractivity contribution in [3.63, 3.8) is 0 Å². The van der Waals surface area contributed by atoms with Crippen molar-refractivity contribution in [2.75, 3.05) is 0 Å². The minimum Gasteiger partial charge on any atom is -0.316 e. The molecule has 0 rings (SSSR count). The highest BCUT2D eigenvalue weighted by atomic mass is 16.2. The van der Waals surface area contributed by atoms with Crippen LogP contribution >= 0.6 is 0 Å². The van der Waals surface area contributed by atoms with E-state index in [-0.39, 0.29) is 37.0 Å². The topological polar surface area (TPSA) is 87.3 Å². The van der Waals surface area contributed by atoms with Gasteiger partial charge in [0.2, 0.25) is 17.7 Å². The molecule has 0 aliphatic rings. The summed E-state index contributed by atoms with van der Waals surface area (Å²) in [5.41, 5.74) is 0. The van der Waals surface area contributed by atoms with Crippen LogP contribution in [0.2, 0.25) is 0 Å². The Kier molecular flexibility index (Phi) is 7.79. The Labute approximate surface area is 114 Å². The maximum atomic E-state index is 11.6. The lowest BCUT2D eigenvalue weighted by atomic mass is 10.1. The predicted molar refractivity (Wildman–Crippen MR) is 72.6 cm³/mol. The molecule has 0 bridgehead atoms. The quantitative estimate of drug-likeness (QED) is 0.571. The van der Waals surface area contributed by atoms with Gasteiger partial charge in [-0.3, -0.25) is 14.4 Å². The molecule has 0 spiro atoms. The number of hydrogen-bond donors (Lipinski definition) is 3. The Balaban J connectivity index is 5.12. The average Bonchev–Trinajstić information content (AvgIpc) is 2.38. The summed E-state index contributed by atoms with van der Waals surface area (Å²) >= 11 is 0. The molecule has 0 aliphatic heterocycles. The third-order valence-corrected chi connectivity index (χ3v) is 2.57. The molecule has 3 N–H and O–H groups in total. The lowest BCUT2D eigenvalue weighted by Gasteiger charge is -2.36. The number of rotatable bonds is 8. The van der Waals surface area contributed by atoms with E-state index in [9.17, 15) is 14.4 Å². The molecule has 6 nitrogen and oxygen atoms in total. The monoisotopic (exact) mass is 270 g/mol. The Morgan fingerprint density at radius 1 is 0.842 bits per heavy atom. The smallest absolute Gasteiger partial charge is 0.222 e. The van der Waals surface area contributed by atoms with Gasteiger partial charge in [0.1, 0.15) is 0 Å². The third kappa shape index (κ3) is 6.22. The first-order valence-electron chi connectivity index (χ1n) is 6.65. The zero-order valence-electron chi connectivity index (χ0n) is 12.0. The third-order valence-electron chi connectivity index (χ3n) is 2.57. The molecular formula is C13H24N3O3. The summed E-state index contributed by atoms with van der Waals surface area (Å²) < 4.78 is 0. The first kappa shape index (κ1) is 17.4. The first-order chi connectivity index (χ1) is 8.92. The highest BCUT2D eigenvalue weighted by Crippen LogP contribution is 2.08. The van der Waals surface area contributed by atoms with Crippen LogP contribution in [0.4, 0.5) is 0 Å². The second-order valence-corrected chi connectivity index (χ2v) is 4.21. The molecule has 1 radical (unpaired) electrons. The molecule has 0 heterocycles. The number of carbonyl (C=O) groups excluding carboxylic acids is 3. The van der Waals surface area contributed by atoms with Crippen LogP contribution in [-0.4, -0.2) is 23.5 Å². The zero-order valence-corrected chi connectivity index (χ0v) is 12.0. The predicted octanol–water partition coefficient (Wildman–Crippen LogP) is 0.833. The Morgan fingerprint density at radius 2 is 1.16 bits per heavy atom. The summed E-state index contributed by atoms with van der Waals surface area (Å²) in [6.07, 6.45) is 1.59. The van der Waals surface area contributed by atoms with Gasteiger partial charge < -0.3 is 16.0 Å². The van der Waals surface area contributed by atoms with Crippen LogP contribution in [0.3, 0.4) is 0 Å². The van der Waals surface area contributed by atoms with E-state index in [2.05, 4.69) is 22.9 Å². The molecule has 19 heavy (non-hydrogen) atoms. The van der Waals surface area contributed by atoms with Gasteiger partial charge in [-0.1, -0.05) is 27.7 Å². The minimum absolute atomic E-state index is 0.249. The van der Waals surface area contributed by atoms with Crippen molar-refractivity contribution in [3.05, 3.63) is 6.92 Å². The van der Waals surface area contributed by atoms with Gasteiger partial charge in [-0.2, -0.15) is 0 Å². The molecule has 6 heteroatoms. The molecule has 3 amide bonds. The SMILES string of the molecule is [CH2]CCC(NC(=O)CC)(NC(=O)CC)NC(=O)CC. The molecule has 0 aromatic carbocycles. The Morgan fingerprint density at radius 3 is 1.37 bits per heavy atom. The highest BCUT2D eigenvalue weighted by molar-refractivity contribution is 5.82. The van der Waals surface area contributed by atoms with Crippen LogP contribution in [0.25, 0.3) is 0 Å². The summed E-state index contributed by atoms with van der Waals surface area (Å²) in [6, 6.07) is 0. The van der Waals surface area contributed by atoms with E-state index < -0.39 is 5.79 Å². The van der Waals surface area contributed by atoms with E-state index in [0.29, 0.717) is 12.8 Å². The van der Waals surface area contributed by atoms with Crippen LogP contribution in [0.5, 0.6) is 0 Å². The molecule has 0 saturated carbocycles. The normalized spacial score (nSPS) is 10.7. The van der Waals surface area contributed by atoms with Crippen molar-refractivity contribution in [3.8, 4) is 0 Å². The maximum absolute atomic E-state index is 11.6. The molecule has 109 valence electrons. The van der Waals surface area contributed by atoms with E-state index in [0.717, 1.165) is 0 Å². The zero-order chi connectivity index (χ0) is 14.9. The van der Waals surface area contributed by atoms with Crippen molar-refractivity contribution >= 4 is 17.7 Å². The summed E-state index contributed by atoms with van der Waals surface area (Å²) in [6.45, 7) is 8.82.